The Morgan fingerprint density at radius 1 is 0.885 bits per heavy atom. The zero-order chi connectivity index (χ0) is 19.3. The Balaban J connectivity index is 2.35. The van der Waals surface area contributed by atoms with Gasteiger partial charge in [0.2, 0.25) is 0 Å². The molecule has 140 valence electrons. The molecule has 0 N–H and O–H groups in total. The van der Waals surface area contributed by atoms with Crippen LogP contribution in [-0.2, 0) is 4.79 Å². The van der Waals surface area contributed by atoms with Gasteiger partial charge in [-0.1, -0.05) is 44.0 Å². The van der Waals surface area contributed by atoms with E-state index in [2.05, 4.69) is 31.9 Å². The number of rotatable bonds is 8. The van der Waals surface area contributed by atoms with E-state index in [-0.39, 0.29) is 17.3 Å². The summed E-state index contributed by atoms with van der Waals surface area (Å²) in [6, 6.07) is 8.88. The van der Waals surface area contributed by atoms with Crippen molar-refractivity contribution in [2.24, 2.45) is 0 Å². The van der Waals surface area contributed by atoms with Gasteiger partial charge >= 0.3 is 0 Å². The van der Waals surface area contributed by atoms with Gasteiger partial charge in [-0.05, 0) is 35.4 Å². The van der Waals surface area contributed by atoms with Crippen LogP contribution in [0.1, 0.15) is 23.0 Å². The fourth-order valence-electron chi connectivity index (χ4n) is 2.70. The van der Waals surface area contributed by atoms with Crippen LogP contribution in [0.2, 0.25) is 0 Å². The quantitative estimate of drug-likeness (QED) is 0.475. The maximum Gasteiger partial charge on any atom is 0.165 e. The molecule has 2 rings (SSSR count). The molecule has 0 radical (unpaired) electrons. The summed E-state index contributed by atoms with van der Waals surface area (Å²) in [6.07, 6.45) is 0. The molecule has 3 nitrogen and oxygen atoms in total. The molecule has 7 heteroatoms. The van der Waals surface area contributed by atoms with Crippen LogP contribution in [0.25, 0.3) is 0 Å². The van der Waals surface area contributed by atoms with Crippen molar-refractivity contribution in [2.75, 3.05) is 24.9 Å². The third-order valence-electron chi connectivity index (χ3n) is 4.15. The minimum absolute atomic E-state index is 0.115. The Labute approximate surface area is 167 Å². The number of ketones is 1. The molecule has 0 heterocycles. The second kappa shape index (κ2) is 9.46. The van der Waals surface area contributed by atoms with Crippen LogP contribution in [0, 0.1) is 11.6 Å². The Morgan fingerprint density at radius 3 is 1.54 bits per heavy atom. The highest BCUT2D eigenvalue weighted by molar-refractivity contribution is 9.09. The molecule has 2 aromatic carbocycles. The van der Waals surface area contributed by atoms with Gasteiger partial charge in [0, 0.05) is 10.7 Å². The zero-order valence-corrected chi connectivity index (χ0v) is 17.4. The Morgan fingerprint density at radius 2 is 1.27 bits per heavy atom. The van der Waals surface area contributed by atoms with Crippen molar-refractivity contribution in [2.45, 2.75) is 11.8 Å². The molecule has 0 aliphatic rings. The van der Waals surface area contributed by atoms with Crippen molar-refractivity contribution in [1.29, 1.82) is 0 Å². The van der Waals surface area contributed by atoms with E-state index < -0.39 is 23.5 Å². The summed E-state index contributed by atoms with van der Waals surface area (Å²) in [7, 11) is 2.76. The van der Waals surface area contributed by atoms with Gasteiger partial charge in [-0.2, -0.15) is 0 Å². The van der Waals surface area contributed by atoms with E-state index in [0.717, 1.165) is 0 Å². The lowest BCUT2D eigenvalue weighted by Crippen LogP contribution is -2.23. The molecule has 0 fully saturated rings. The van der Waals surface area contributed by atoms with Gasteiger partial charge in [-0.15, -0.1) is 0 Å². The van der Waals surface area contributed by atoms with Crippen molar-refractivity contribution >= 4 is 37.6 Å². The third kappa shape index (κ3) is 4.43. The van der Waals surface area contributed by atoms with E-state index in [9.17, 15) is 13.6 Å². The predicted molar refractivity (Wildman–Crippen MR) is 104 cm³/mol. The molecule has 0 aliphatic heterocycles. The predicted octanol–water partition coefficient (Wildman–Crippen LogP) is 5.21. The topological polar surface area (TPSA) is 35.5 Å². The molecule has 2 aromatic rings. The van der Waals surface area contributed by atoms with Gasteiger partial charge < -0.3 is 9.47 Å². The number of benzene rings is 2. The lowest BCUT2D eigenvalue weighted by atomic mass is 9.85. The number of Topliss-reactive ketones (excluding diaryl/α,β-unsaturated/α-hetero) is 1. The van der Waals surface area contributed by atoms with Crippen LogP contribution in [0.15, 0.2) is 36.4 Å². The molecule has 0 spiro atoms. The second-order valence-electron chi connectivity index (χ2n) is 5.60. The number of ether oxygens (including phenoxy) is 2. The number of halogens is 4. The maximum absolute atomic E-state index is 14.0. The Kier molecular flexibility index (Phi) is 7.58. The third-order valence-corrected chi connectivity index (χ3v) is 5.45. The first-order valence-corrected chi connectivity index (χ1v) is 10.0. The summed E-state index contributed by atoms with van der Waals surface area (Å²) >= 11 is 6.67. The summed E-state index contributed by atoms with van der Waals surface area (Å²) < 4.78 is 37.9. The minimum atomic E-state index is -0.580. The van der Waals surface area contributed by atoms with Crippen molar-refractivity contribution in [3.8, 4) is 11.5 Å². The molecule has 2 unspecified atom stereocenters. The highest BCUT2D eigenvalue weighted by atomic mass is 79.9. The normalized spacial score (nSPS) is 13.2. The SMILES string of the molecule is COc1ccc(C(CBr)C(=O)C(CBr)c2ccc(OC)c(F)c2)cc1F. The van der Waals surface area contributed by atoms with Gasteiger partial charge in [0.05, 0.1) is 26.1 Å². The first-order chi connectivity index (χ1) is 12.5. The van der Waals surface area contributed by atoms with Crippen molar-refractivity contribution < 1.29 is 23.0 Å². The van der Waals surface area contributed by atoms with E-state index >= 15 is 0 Å². The van der Waals surface area contributed by atoms with Crippen LogP contribution >= 0.6 is 31.9 Å². The van der Waals surface area contributed by atoms with Gasteiger partial charge in [-0.3, -0.25) is 4.79 Å². The molecular weight excluding hydrogens is 474 g/mol. The van der Waals surface area contributed by atoms with Crippen LogP contribution in [0.4, 0.5) is 8.78 Å². The number of hydrogen-bond donors (Lipinski definition) is 0. The number of alkyl halides is 2. The fraction of sp³-hybridized carbons (Fsp3) is 0.316. The van der Waals surface area contributed by atoms with E-state index in [1.54, 1.807) is 12.1 Å². The lowest BCUT2D eigenvalue weighted by Gasteiger charge is -2.21. The Hall–Kier alpha value is -1.47. The van der Waals surface area contributed by atoms with Crippen molar-refractivity contribution in [3.63, 3.8) is 0 Å². The summed E-state index contributed by atoms with van der Waals surface area (Å²) in [5.41, 5.74) is 1.07. The zero-order valence-electron chi connectivity index (χ0n) is 14.3. The standard InChI is InChI=1S/C19H18Br2F2O3/c1-25-17-5-3-11(7-15(17)22)13(9-20)19(24)14(10-21)12-4-6-18(26-2)16(23)8-12/h3-8,13-14H,9-10H2,1-2H3. The first-order valence-electron chi connectivity index (χ1n) is 7.79. The monoisotopic (exact) mass is 490 g/mol. The number of hydrogen-bond acceptors (Lipinski definition) is 3. The molecular formula is C19H18Br2F2O3. The van der Waals surface area contributed by atoms with Crippen LogP contribution < -0.4 is 9.47 Å². The summed E-state index contributed by atoms with van der Waals surface area (Å²) in [5.74, 6) is -2.14. The van der Waals surface area contributed by atoms with Crippen molar-refractivity contribution in [3.05, 3.63) is 59.2 Å². The van der Waals surface area contributed by atoms with Gasteiger partial charge in [0.25, 0.3) is 0 Å². The summed E-state index contributed by atoms with van der Waals surface area (Å²) in [6.45, 7) is 0. The molecule has 26 heavy (non-hydrogen) atoms. The number of carbonyl (C=O) groups excluding carboxylic acids is 1. The first kappa shape index (κ1) is 20.8. The van der Waals surface area contributed by atoms with Crippen LogP contribution in [0.5, 0.6) is 11.5 Å². The van der Waals surface area contributed by atoms with E-state index in [1.807, 2.05) is 0 Å². The number of carbonyl (C=O) groups is 1. The van der Waals surface area contributed by atoms with Gasteiger partial charge in [0.1, 0.15) is 5.78 Å². The second-order valence-corrected chi connectivity index (χ2v) is 6.90. The lowest BCUT2D eigenvalue weighted by molar-refractivity contribution is -0.121. The maximum atomic E-state index is 14.0. The van der Waals surface area contributed by atoms with Gasteiger partial charge in [-0.25, -0.2) is 8.78 Å². The van der Waals surface area contributed by atoms with E-state index in [0.29, 0.717) is 21.8 Å². The van der Waals surface area contributed by atoms with Crippen LogP contribution in [-0.4, -0.2) is 30.7 Å². The molecule has 0 amide bonds. The fourth-order valence-corrected chi connectivity index (χ4v) is 4.09. The van der Waals surface area contributed by atoms with Crippen molar-refractivity contribution in [1.82, 2.24) is 0 Å². The van der Waals surface area contributed by atoms with Crippen LogP contribution in [0.3, 0.4) is 0 Å². The minimum Gasteiger partial charge on any atom is -0.494 e. The average Bonchev–Trinajstić information content (AvgIpc) is 2.63. The van der Waals surface area contributed by atoms with Gasteiger partial charge in [0.15, 0.2) is 23.1 Å². The van der Waals surface area contributed by atoms with E-state index in [1.165, 1.54) is 38.5 Å². The largest absolute Gasteiger partial charge is 0.494 e. The van der Waals surface area contributed by atoms with E-state index in [4.69, 9.17) is 9.47 Å². The Bertz CT molecular complexity index is 720. The molecule has 0 saturated heterocycles. The molecule has 0 bridgehead atoms. The smallest absolute Gasteiger partial charge is 0.165 e. The molecule has 0 aliphatic carbocycles. The average molecular weight is 492 g/mol. The molecule has 0 saturated carbocycles. The summed E-state index contributed by atoms with van der Waals surface area (Å²) in [4.78, 5) is 13.1. The number of methoxy groups -OCH3 is 2. The molecule has 0 aromatic heterocycles. The summed E-state index contributed by atoms with van der Waals surface area (Å²) in [5, 5.41) is 0.638. The highest BCUT2D eigenvalue weighted by Gasteiger charge is 2.29. The molecule has 2 atom stereocenters. The highest BCUT2D eigenvalue weighted by Crippen LogP contribution is 2.32.